The summed E-state index contributed by atoms with van der Waals surface area (Å²) in [6, 6.07) is 0. The first kappa shape index (κ1) is 5.06. The van der Waals surface area contributed by atoms with Crippen LogP contribution in [-0.4, -0.2) is 17.4 Å². The summed E-state index contributed by atoms with van der Waals surface area (Å²) in [5.74, 6) is 0. The zero-order valence-corrected chi connectivity index (χ0v) is 10.4. The van der Waals surface area contributed by atoms with Crippen molar-refractivity contribution in [3.05, 3.63) is 0 Å². The number of hydrogen-bond acceptors (Lipinski definition) is 0. The first-order valence-electron chi connectivity index (χ1n) is 6.26. The van der Waals surface area contributed by atoms with E-state index in [1.165, 1.54) is 4.09 Å². The molecule has 77 valence electrons. The maximum absolute atomic E-state index is 2.69. The van der Waals surface area contributed by atoms with E-state index in [2.05, 4.69) is 13.3 Å². The van der Waals surface area contributed by atoms with E-state index in [9.17, 15) is 0 Å². The fourth-order valence-electron chi connectivity index (χ4n) is 16.3. The van der Waals surface area contributed by atoms with Crippen LogP contribution in [0.4, 0.5) is 0 Å². The Balaban J connectivity index is 1.94. The molecule has 10 aliphatic rings. The Kier molecular flexibility index (Phi) is 0.126. The van der Waals surface area contributed by atoms with Crippen LogP contribution in [0.25, 0.3) is 0 Å². The molecule has 2 heteroatoms. The van der Waals surface area contributed by atoms with Crippen molar-refractivity contribution in [2.45, 2.75) is 47.8 Å². The van der Waals surface area contributed by atoms with Gasteiger partial charge in [-0.15, -0.1) is 0 Å². The van der Waals surface area contributed by atoms with E-state index in [0.29, 0.717) is 7.92 Å². The van der Waals surface area contributed by atoms with Crippen molar-refractivity contribution in [3.8, 4) is 0 Å². The summed E-state index contributed by atoms with van der Waals surface area (Å²) >= 11 is 0. The first-order valence-corrected chi connectivity index (χ1v) is 14.4. The monoisotopic (exact) mass is 249 g/mol. The van der Waals surface area contributed by atoms with Crippen LogP contribution < -0.4 is 0 Å². The van der Waals surface area contributed by atoms with E-state index in [1.54, 1.807) is 43.7 Å². The van der Waals surface area contributed by atoms with Crippen molar-refractivity contribution in [1.29, 1.82) is 0 Å². The molecule has 10 aliphatic heterocycles. The van der Waals surface area contributed by atoms with Gasteiger partial charge < -0.3 is 0 Å². The summed E-state index contributed by atoms with van der Waals surface area (Å²) < 4.78 is 1.25. The van der Waals surface area contributed by atoms with Gasteiger partial charge >= 0.3 is 75.4 Å². The molecule has 0 bridgehead atoms. The van der Waals surface area contributed by atoms with Crippen LogP contribution >= 0.6 is 7.92 Å². The van der Waals surface area contributed by atoms with Gasteiger partial charge in [0.15, 0.2) is 0 Å². The van der Waals surface area contributed by atoms with E-state index in [-0.39, 0.29) is 0 Å². The van der Waals surface area contributed by atoms with Gasteiger partial charge in [-0.2, -0.15) is 0 Å². The molecule has 4 unspecified atom stereocenters. The molecule has 0 N–H and O–H groups in total. The second-order valence-corrected chi connectivity index (χ2v) is 35.2. The van der Waals surface area contributed by atoms with Gasteiger partial charge in [-0.3, -0.25) is 0 Å². The number of rotatable bonds is 1. The Morgan fingerprint density at radius 3 is 1.29 bits per heavy atom. The Morgan fingerprint density at radius 2 is 1.21 bits per heavy atom. The molecule has 10 saturated heterocycles. The van der Waals surface area contributed by atoms with E-state index in [4.69, 9.17) is 0 Å². The standard InChI is InChI=1S/C7H10P.C5H5.Co/c1-8(2)7-5-3-4-6-7;1-2-4-5-3-1;/h3-6H,1-2H3;1-5H;. The second kappa shape index (κ2) is 0.347. The molecule has 0 nitrogen and oxygen atoms in total. The Morgan fingerprint density at radius 1 is 0.786 bits per heavy atom. The van der Waals surface area contributed by atoms with Gasteiger partial charge in [-0.05, 0) is 0 Å². The maximum atomic E-state index is 2.69. The molecule has 10 fully saturated rings. The van der Waals surface area contributed by atoms with Crippen LogP contribution in [-0.2, 0) is 6.37 Å². The zero-order chi connectivity index (χ0) is 8.59. The topological polar surface area (TPSA) is 0 Å². The van der Waals surface area contributed by atoms with Crippen molar-refractivity contribution >= 4 is 7.92 Å². The molecule has 0 amide bonds. The molecule has 0 aliphatic carbocycles. The normalized spacial score (nSPS) is 143. The van der Waals surface area contributed by atoms with E-state index in [1.807, 2.05) is 0 Å². The molecule has 0 aromatic heterocycles. The summed E-state index contributed by atoms with van der Waals surface area (Å²) in [4.78, 5) is 14.0. The third-order valence-electron chi connectivity index (χ3n) is 14.5. The molecule has 0 radical (unpaired) electrons. The molecule has 0 saturated carbocycles. The summed E-state index contributed by atoms with van der Waals surface area (Å²) in [6.45, 7) is 5.38. The molecule has 14 heavy (non-hydrogen) atoms. The van der Waals surface area contributed by atoms with Crippen LogP contribution in [0.1, 0.15) is 0 Å². The molecule has 0 aromatic carbocycles. The van der Waals surface area contributed by atoms with E-state index in [0.717, 1.165) is 0 Å². The first-order chi connectivity index (χ1) is 6.49. The molecular weight excluding hydrogens is 234 g/mol. The Labute approximate surface area is 75.5 Å². The average molecular weight is 249 g/mol. The minimum atomic E-state index is -2.47. The quantitative estimate of drug-likeness (QED) is 0.615. The molecule has 4 atom stereocenters. The molecule has 0 aromatic rings. The van der Waals surface area contributed by atoms with Gasteiger partial charge in [-0.1, -0.05) is 0 Å². The van der Waals surface area contributed by atoms with Gasteiger partial charge in [0, 0.05) is 0 Å². The predicted octanol–water partition coefficient (Wildman–Crippen LogP) is 4.02. The number of fused-ring (bicyclic) bond motifs is 10. The van der Waals surface area contributed by atoms with Gasteiger partial charge in [0.25, 0.3) is 0 Å². The predicted molar refractivity (Wildman–Crippen MR) is 55.2 cm³/mol. The van der Waals surface area contributed by atoms with Crippen molar-refractivity contribution in [1.82, 2.24) is 0 Å². The average Bonchev–Trinajstić information content (AvgIpc) is 3.13. The minimum absolute atomic E-state index is 0.479. The van der Waals surface area contributed by atoms with Gasteiger partial charge in [0.2, 0.25) is 0 Å². The zero-order valence-electron chi connectivity index (χ0n) is 8.48. The molecular formula is C12H15CoP. The molecule has 1 spiro atoms. The summed E-state index contributed by atoms with van der Waals surface area (Å²) in [5.41, 5.74) is 0. The van der Waals surface area contributed by atoms with Crippen molar-refractivity contribution in [3.63, 3.8) is 0 Å². The van der Waals surface area contributed by atoms with Gasteiger partial charge in [0.1, 0.15) is 0 Å². The summed E-state index contributed by atoms with van der Waals surface area (Å²) in [6.07, 6.45) is -2.47. The van der Waals surface area contributed by atoms with Crippen molar-refractivity contribution in [2.75, 3.05) is 13.3 Å². The van der Waals surface area contributed by atoms with Crippen LogP contribution in [0, 0.1) is 0 Å². The summed E-state index contributed by atoms with van der Waals surface area (Å²) in [7, 11) is 0.479. The third-order valence-corrected chi connectivity index (χ3v) is 60.9. The Hall–Kier alpha value is 0.936. The van der Waals surface area contributed by atoms with Gasteiger partial charge in [-0.25, -0.2) is 0 Å². The summed E-state index contributed by atoms with van der Waals surface area (Å²) in [5, 5.41) is 0. The SMILES string of the molecule is CP(C)[C]12[CH]3[CH]4[CH]5[CH]1[Co]45321678[CH]2[CH]1[CH]6[CH]7[CH]28. The van der Waals surface area contributed by atoms with Crippen LogP contribution in [0.3, 0.4) is 0 Å². The Bertz CT molecular complexity index is 800. The van der Waals surface area contributed by atoms with Crippen molar-refractivity contribution < 1.29 is 6.37 Å². The van der Waals surface area contributed by atoms with Gasteiger partial charge in [0.05, 0.1) is 0 Å². The van der Waals surface area contributed by atoms with E-state index >= 15 is 0 Å². The second-order valence-electron chi connectivity index (χ2n) is 10.1. The van der Waals surface area contributed by atoms with Crippen LogP contribution in [0.15, 0.2) is 0 Å². The third kappa shape index (κ3) is 0.0381. The van der Waals surface area contributed by atoms with Crippen LogP contribution in [0.2, 0.25) is 43.7 Å². The fourth-order valence-corrected chi connectivity index (χ4v) is 101. The molecule has 10 rings (SSSR count). The van der Waals surface area contributed by atoms with Crippen LogP contribution in [0.5, 0.6) is 0 Å². The fraction of sp³-hybridized carbons (Fsp3) is 1.00. The number of hydrogen-bond donors (Lipinski definition) is 0. The van der Waals surface area contributed by atoms with Crippen molar-refractivity contribution in [2.24, 2.45) is 0 Å². The van der Waals surface area contributed by atoms with E-state index < -0.39 is 6.37 Å². The molecule has 10 heterocycles.